The minimum Gasteiger partial charge on any atom is -0.349 e. The van der Waals surface area contributed by atoms with Gasteiger partial charge in [0.05, 0.1) is 16.4 Å². The highest BCUT2D eigenvalue weighted by molar-refractivity contribution is 7.99. The van der Waals surface area contributed by atoms with Gasteiger partial charge >= 0.3 is 0 Å². The van der Waals surface area contributed by atoms with Crippen LogP contribution in [0.3, 0.4) is 0 Å². The number of thioether (sulfide) groups is 1. The molecule has 140 valence electrons. The molecule has 0 saturated carbocycles. The molecule has 0 unspecified atom stereocenters. The Kier molecular flexibility index (Phi) is 6.34. The molecule has 2 aromatic carbocycles. The lowest BCUT2D eigenvalue weighted by atomic mass is 9.94. The Bertz CT molecular complexity index is 770. The van der Waals surface area contributed by atoms with E-state index in [4.69, 9.17) is 0 Å². The summed E-state index contributed by atoms with van der Waals surface area (Å²) < 4.78 is 54.1. The number of halogens is 4. The van der Waals surface area contributed by atoms with E-state index in [-0.39, 0.29) is 23.8 Å². The second-order valence-electron chi connectivity index (χ2n) is 6.58. The summed E-state index contributed by atoms with van der Waals surface area (Å²) in [6.07, 6.45) is 0. The van der Waals surface area contributed by atoms with Gasteiger partial charge in [-0.2, -0.15) is 0 Å². The number of hydrogen-bond acceptors (Lipinski definition) is 2. The minimum atomic E-state index is -1.47. The number of amides is 1. The van der Waals surface area contributed by atoms with Gasteiger partial charge in [0.2, 0.25) is 5.91 Å². The van der Waals surface area contributed by atoms with Crippen LogP contribution in [0.5, 0.6) is 0 Å². The summed E-state index contributed by atoms with van der Waals surface area (Å²) in [7, 11) is 0. The Morgan fingerprint density at radius 2 is 1.62 bits per heavy atom. The summed E-state index contributed by atoms with van der Waals surface area (Å²) in [4.78, 5) is 11.7. The third-order valence-electron chi connectivity index (χ3n) is 3.91. The Labute approximate surface area is 154 Å². The zero-order valence-electron chi connectivity index (χ0n) is 14.6. The van der Waals surface area contributed by atoms with Gasteiger partial charge in [0, 0.05) is 11.8 Å². The molecule has 0 radical (unpaired) electrons. The smallest absolute Gasteiger partial charge is 0.226 e. The molecule has 2 rings (SSSR count). The van der Waals surface area contributed by atoms with Crippen LogP contribution in [0.15, 0.2) is 41.3 Å². The Balaban J connectivity index is 2.08. The molecule has 2 nitrogen and oxygen atoms in total. The van der Waals surface area contributed by atoms with E-state index in [1.807, 2.05) is 37.3 Å². The molecule has 26 heavy (non-hydrogen) atoms. The van der Waals surface area contributed by atoms with Crippen molar-refractivity contribution in [2.24, 2.45) is 5.41 Å². The topological polar surface area (TPSA) is 29.1 Å². The molecule has 0 aliphatic heterocycles. The molecular weight excluding hydrogens is 366 g/mol. The van der Waals surface area contributed by atoms with E-state index >= 15 is 0 Å². The van der Waals surface area contributed by atoms with Crippen LogP contribution in [0.1, 0.15) is 32.4 Å². The van der Waals surface area contributed by atoms with Crippen molar-refractivity contribution >= 4 is 17.7 Å². The summed E-state index contributed by atoms with van der Waals surface area (Å²) in [6.45, 7) is 5.01. The monoisotopic (exact) mass is 385 g/mol. The predicted molar refractivity (Wildman–Crippen MR) is 93.8 cm³/mol. The predicted octanol–water partition coefficient (Wildman–Crippen LogP) is 5.24. The van der Waals surface area contributed by atoms with E-state index in [9.17, 15) is 22.4 Å². The lowest BCUT2D eigenvalue weighted by Crippen LogP contribution is -2.39. The zero-order valence-corrected chi connectivity index (χ0v) is 15.4. The lowest BCUT2D eigenvalue weighted by Gasteiger charge is -2.26. The summed E-state index contributed by atoms with van der Waals surface area (Å²) in [5, 5.41) is 2.84. The van der Waals surface area contributed by atoms with Gasteiger partial charge in [0.25, 0.3) is 0 Å². The first-order valence-electron chi connectivity index (χ1n) is 7.95. The third-order valence-corrected chi connectivity index (χ3v) is 5.42. The molecule has 2 aromatic rings. The standard InChI is InChI=1S/C19H19F4NOS/c1-11(12-7-5-4-6-8-12)24-18(25)19(2,3)10-26-17-15(22)13(20)9-14(21)16(17)23/h4-9,11H,10H2,1-3H3,(H,24,25)/t11-/m1/s1. The summed E-state index contributed by atoms with van der Waals surface area (Å²) >= 11 is 0.569. The van der Waals surface area contributed by atoms with Crippen LogP contribution in [0.25, 0.3) is 0 Å². The van der Waals surface area contributed by atoms with Crippen LogP contribution < -0.4 is 5.32 Å². The van der Waals surface area contributed by atoms with Crippen molar-refractivity contribution < 1.29 is 22.4 Å². The highest BCUT2D eigenvalue weighted by Gasteiger charge is 2.31. The molecule has 0 aromatic heterocycles. The van der Waals surface area contributed by atoms with Crippen molar-refractivity contribution in [2.45, 2.75) is 31.7 Å². The first-order valence-corrected chi connectivity index (χ1v) is 8.93. The van der Waals surface area contributed by atoms with Crippen molar-refractivity contribution in [1.82, 2.24) is 5.32 Å². The van der Waals surface area contributed by atoms with Crippen LogP contribution in [-0.2, 0) is 4.79 Å². The van der Waals surface area contributed by atoms with Crippen molar-refractivity contribution in [3.8, 4) is 0 Å². The molecular formula is C19H19F4NOS. The fourth-order valence-corrected chi connectivity index (χ4v) is 3.30. The highest BCUT2D eigenvalue weighted by Crippen LogP contribution is 2.33. The average Bonchev–Trinajstić information content (AvgIpc) is 2.60. The maximum atomic E-state index is 13.7. The largest absolute Gasteiger partial charge is 0.349 e. The van der Waals surface area contributed by atoms with E-state index in [0.29, 0.717) is 11.8 Å². The average molecular weight is 385 g/mol. The summed E-state index contributed by atoms with van der Waals surface area (Å²) in [6, 6.07) is 9.20. The molecule has 7 heteroatoms. The van der Waals surface area contributed by atoms with Gasteiger partial charge in [-0.05, 0) is 12.5 Å². The Morgan fingerprint density at radius 1 is 1.08 bits per heavy atom. The van der Waals surface area contributed by atoms with E-state index in [0.717, 1.165) is 5.56 Å². The number of hydrogen-bond donors (Lipinski definition) is 1. The highest BCUT2D eigenvalue weighted by atomic mass is 32.2. The molecule has 0 aliphatic carbocycles. The molecule has 1 N–H and O–H groups in total. The molecule has 0 saturated heterocycles. The Morgan fingerprint density at radius 3 is 2.15 bits per heavy atom. The minimum absolute atomic E-state index is 0.0585. The van der Waals surface area contributed by atoms with E-state index in [1.54, 1.807) is 13.8 Å². The van der Waals surface area contributed by atoms with Crippen LogP contribution in [0, 0.1) is 28.7 Å². The maximum absolute atomic E-state index is 13.7. The molecule has 0 spiro atoms. The van der Waals surface area contributed by atoms with Gasteiger partial charge in [0.1, 0.15) is 0 Å². The molecule has 0 heterocycles. The van der Waals surface area contributed by atoms with Gasteiger partial charge in [-0.1, -0.05) is 44.2 Å². The first-order chi connectivity index (χ1) is 12.1. The number of nitrogens with one attached hydrogen (secondary N) is 1. The van der Waals surface area contributed by atoms with Gasteiger partial charge in [-0.25, -0.2) is 17.6 Å². The summed E-state index contributed by atoms with van der Waals surface area (Å²) in [5.41, 5.74) is -0.108. The number of carbonyl (C=O) groups excluding carboxylic acids is 1. The SMILES string of the molecule is C[C@@H](NC(=O)C(C)(C)CSc1c(F)c(F)cc(F)c1F)c1ccccc1. The fourth-order valence-electron chi connectivity index (χ4n) is 2.21. The number of benzene rings is 2. The Hall–Kier alpha value is -2.02. The van der Waals surface area contributed by atoms with Crippen molar-refractivity contribution in [3.05, 3.63) is 65.2 Å². The van der Waals surface area contributed by atoms with Crippen molar-refractivity contribution in [3.63, 3.8) is 0 Å². The van der Waals surface area contributed by atoms with Gasteiger partial charge in [-0.15, -0.1) is 11.8 Å². The zero-order chi connectivity index (χ0) is 19.5. The number of rotatable bonds is 6. The van der Waals surface area contributed by atoms with Gasteiger partial charge in [0.15, 0.2) is 23.3 Å². The fraction of sp³-hybridized carbons (Fsp3) is 0.316. The lowest BCUT2D eigenvalue weighted by molar-refractivity contribution is -0.128. The molecule has 1 amide bonds. The molecule has 1 atom stereocenters. The second kappa shape index (κ2) is 8.12. The van der Waals surface area contributed by atoms with Crippen LogP contribution in [0.2, 0.25) is 0 Å². The van der Waals surface area contributed by atoms with Crippen LogP contribution in [-0.4, -0.2) is 11.7 Å². The molecule has 0 fully saturated rings. The van der Waals surface area contributed by atoms with Crippen molar-refractivity contribution in [2.75, 3.05) is 5.75 Å². The molecule has 0 bridgehead atoms. The van der Waals surface area contributed by atoms with E-state index < -0.39 is 33.6 Å². The second-order valence-corrected chi connectivity index (χ2v) is 7.56. The van der Waals surface area contributed by atoms with Crippen LogP contribution >= 0.6 is 11.8 Å². The quantitative estimate of drug-likeness (QED) is 0.419. The van der Waals surface area contributed by atoms with Gasteiger partial charge in [-0.3, -0.25) is 4.79 Å². The van der Waals surface area contributed by atoms with Crippen LogP contribution in [0.4, 0.5) is 17.6 Å². The van der Waals surface area contributed by atoms with E-state index in [2.05, 4.69) is 5.32 Å². The summed E-state index contributed by atoms with van der Waals surface area (Å²) in [5.74, 6) is -6.24. The first kappa shape index (κ1) is 20.3. The maximum Gasteiger partial charge on any atom is 0.226 e. The van der Waals surface area contributed by atoms with Crippen molar-refractivity contribution in [1.29, 1.82) is 0 Å². The number of carbonyl (C=O) groups is 1. The van der Waals surface area contributed by atoms with E-state index in [1.165, 1.54) is 0 Å². The van der Waals surface area contributed by atoms with Gasteiger partial charge < -0.3 is 5.32 Å². The third kappa shape index (κ3) is 4.58. The molecule has 0 aliphatic rings. The normalized spacial score (nSPS) is 12.7.